The summed E-state index contributed by atoms with van der Waals surface area (Å²) in [7, 11) is 0. The molecule has 1 aliphatic heterocycles. The Morgan fingerprint density at radius 2 is 1.90 bits per heavy atom. The predicted octanol–water partition coefficient (Wildman–Crippen LogP) is 0.591. The van der Waals surface area contributed by atoms with Crippen LogP contribution in [-0.4, -0.2) is 49.6 Å². The Hall–Kier alpha value is -1.55. The third-order valence-electron chi connectivity index (χ3n) is 3.95. The molecular weight excluding hydrogens is 252 g/mol. The minimum atomic E-state index is -0.361. The monoisotopic (exact) mass is 277 g/mol. The highest BCUT2D eigenvalue weighted by atomic mass is 16.5. The molecular formula is C16H25N2O2+. The fraction of sp³-hybridized carbons (Fsp3) is 0.562. The molecule has 0 unspecified atom stereocenters. The lowest BCUT2D eigenvalue weighted by molar-refractivity contribution is -0.902. The van der Waals surface area contributed by atoms with Gasteiger partial charge in [0.2, 0.25) is 0 Å². The Labute approximate surface area is 121 Å². The molecule has 0 radical (unpaired) electrons. The number of hydrogen-bond donors (Lipinski definition) is 1. The maximum Gasteiger partial charge on any atom is 0.264 e. The van der Waals surface area contributed by atoms with Crippen molar-refractivity contribution in [3.05, 3.63) is 30.3 Å². The third-order valence-corrected chi connectivity index (χ3v) is 3.95. The van der Waals surface area contributed by atoms with Crippen LogP contribution in [0.3, 0.4) is 0 Å². The van der Waals surface area contributed by atoms with Crippen LogP contribution in [0.5, 0.6) is 5.75 Å². The number of carbonyl (C=O) groups excluding carboxylic acids is 1. The number of hydrogen-bond acceptors (Lipinski definition) is 2. The smallest absolute Gasteiger partial charge is 0.264 e. The molecule has 0 spiro atoms. The molecule has 4 nitrogen and oxygen atoms in total. The van der Waals surface area contributed by atoms with Gasteiger partial charge in [0.25, 0.3) is 5.91 Å². The molecule has 1 atom stereocenters. The Morgan fingerprint density at radius 3 is 2.45 bits per heavy atom. The van der Waals surface area contributed by atoms with Crippen LogP contribution in [0.1, 0.15) is 20.3 Å². The van der Waals surface area contributed by atoms with Crippen molar-refractivity contribution in [1.82, 2.24) is 4.90 Å². The van der Waals surface area contributed by atoms with Crippen molar-refractivity contribution in [2.45, 2.75) is 26.4 Å². The van der Waals surface area contributed by atoms with Crippen LogP contribution >= 0.6 is 0 Å². The molecule has 20 heavy (non-hydrogen) atoms. The number of likely N-dealkylation sites (N-methyl/N-ethyl adjacent to an activating group) is 1. The molecule has 1 saturated heterocycles. The number of nitrogens with one attached hydrogen (secondary N) is 1. The second kappa shape index (κ2) is 7.29. The summed E-state index contributed by atoms with van der Waals surface area (Å²) in [6.45, 7) is 9.11. The van der Waals surface area contributed by atoms with Crippen molar-refractivity contribution in [3.63, 3.8) is 0 Å². The number of carbonyl (C=O) groups is 1. The highest BCUT2D eigenvalue weighted by molar-refractivity contribution is 5.81. The summed E-state index contributed by atoms with van der Waals surface area (Å²) in [6, 6.07) is 9.60. The summed E-state index contributed by atoms with van der Waals surface area (Å²) in [5.41, 5.74) is 0. The number of ether oxygens (including phenoxy) is 1. The Morgan fingerprint density at radius 1 is 1.25 bits per heavy atom. The van der Waals surface area contributed by atoms with E-state index in [0.717, 1.165) is 38.5 Å². The molecule has 0 aromatic heterocycles. The number of para-hydroxylation sites is 1. The molecule has 0 saturated carbocycles. The zero-order chi connectivity index (χ0) is 14.4. The maximum atomic E-state index is 12.5. The van der Waals surface area contributed by atoms with Crippen molar-refractivity contribution in [3.8, 4) is 5.75 Å². The van der Waals surface area contributed by atoms with Crippen LogP contribution in [0.25, 0.3) is 0 Å². The minimum absolute atomic E-state index is 0.131. The zero-order valence-electron chi connectivity index (χ0n) is 12.5. The van der Waals surface area contributed by atoms with Gasteiger partial charge in [0, 0.05) is 0 Å². The van der Waals surface area contributed by atoms with Crippen LogP contribution in [0.15, 0.2) is 30.3 Å². The van der Waals surface area contributed by atoms with Crippen molar-refractivity contribution in [2.24, 2.45) is 0 Å². The molecule has 0 bridgehead atoms. The summed E-state index contributed by atoms with van der Waals surface area (Å²) in [5.74, 6) is 0.900. The van der Waals surface area contributed by atoms with Crippen molar-refractivity contribution in [1.29, 1.82) is 0 Å². The van der Waals surface area contributed by atoms with Crippen LogP contribution < -0.4 is 9.64 Å². The molecule has 1 aliphatic rings. The quantitative estimate of drug-likeness (QED) is 0.855. The van der Waals surface area contributed by atoms with Gasteiger partial charge in [-0.2, -0.15) is 0 Å². The van der Waals surface area contributed by atoms with Gasteiger partial charge in [-0.1, -0.05) is 25.1 Å². The van der Waals surface area contributed by atoms with E-state index in [2.05, 4.69) is 6.92 Å². The first-order valence-electron chi connectivity index (χ1n) is 7.58. The Balaban J connectivity index is 1.92. The number of benzene rings is 1. The lowest BCUT2D eigenvalue weighted by atomic mass is 10.2. The average molecular weight is 277 g/mol. The molecule has 1 N–H and O–H groups in total. The SMILES string of the molecule is CC[C@@H](Oc1ccccc1)C(=O)N1CC[NH+](CC)CC1. The number of piperazine rings is 1. The van der Waals surface area contributed by atoms with Crippen molar-refractivity contribution >= 4 is 5.91 Å². The number of amides is 1. The van der Waals surface area contributed by atoms with E-state index in [1.165, 1.54) is 0 Å². The van der Waals surface area contributed by atoms with Gasteiger partial charge in [-0.15, -0.1) is 0 Å². The second-order valence-corrected chi connectivity index (χ2v) is 5.26. The van der Waals surface area contributed by atoms with E-state index in [-0.39, 0.29) is 12.0 Å². The van der Waals surface area contributed by atoms with Crippen molar-refractivity contribution < 1.29 is 14.4 Å². The van der Waals surface area contributed by atoms with Crippen molar-refractivity contribution in [2.75, 3.05) is 32.7 Å². The lowest BCUT2D eigenvalue weighted by Gasteiger charge is -2.33. The van der Waals surface area contributed by atoms with Gasteiger partial charge in [-0.3, -0.25) is 4.79 Å². The lowest BCUT2D eigenvalue weighted by Crippen LogP contribution is -3.14. The molecule has 2 rings (SSSR count). The Bertz CT molecular complexity index is 414. The summed E-state index contributed by atoms with van der Waals surface area (Å²) < 4.78 is 5.83. The zero-order valence-corrected chi connectivity index (χ0v) is 12.5. The summed E-state index contributed by atoms with van der Waals surface area (Å²) in [4.78, 5) is 16.1. The minimum Gasteiger partial charge on any atom is -0.481 e. The van der Waals surface area contributed by atoms with E-state index in [1.54, 1.807) is 4.90 Å². The van der Waals surface area contributed by atoms with Gasteiger partial charge >= 0.3 is 0 Å². The summed E-state index contributed by atoms with van der Waals surface area (Å²) in [5, 5.41) is 0. The maximum absolute atomic E-state index is 12.5. The molecule has 1 heterocycles. The van der Waals surface area contributed by atoms with E-state index in [9.17, 15) is 4.79 Å². The normalized spacial score (nSPS) is 17.8. The van der Waals surface area contributed by atoms with Gasteiger partial charge < -0.3 is 14.5 Å². The van der Waals surface area contributed by atoms with E-state index < -0.39 is 0 Å². The Kier molecular flexibility index (Phi) is 5.41. The summed E-state index contributed by atoms with van der Waals surface area (Å²) >= 11 is 0. The van der Waals surface area contributed by atoms with Crippen LogP contribution in [0.4, 0.5) is 0 Å². The molecule has 1 aromatic carbocycles. The molecule has 1 amide bonds. The molecule has 4 heteroatoms. The summed E-state index contributed by atoms with van der Waals surface area (Å²) in [6.07, 6.45) is 0.342. The van der Waals surface area contributed by atoms with E-state index in [0.29, 0.717) is 6.42 Å². The predicted molar refractivity (Wildman–Crippen MR) is 79.0 cm³/mol. The van der Waals surface area contributed by atoms with E-state index in [1.807, 2.05) is 42.2 Å². The van der Waals surface area contributed by atoms with Crippen LogP contribution in [0.2, 0.25) is 0 Å². The number of quaternary nitrogens is 1. The highest BCUT2D eigenvalue weighted by Crippen LogP contribution is 2.14. The van der Waals surface area contributed by atoms with Gasteiger partial charge in [-0.25, -0.2) is 0 Å². The fourth-order valence-electron chi connectivity index (χ4n) is 2.57. The average Bonchev–Trinajstić information content (AvgIpc) is 2.53. The largest absolute Gasteiger partial charge is 0.481 e. The van der Waals surface area contributed by atoms with Crippen LogP contribution in [0, 0.1) is 0 Å². The topological polar surface area (TPSA) is 34.0 Å². The molecule has 1 aromatic rings. The van der Waals surface area contributed by atoms with Gasteiger partial charge in [0.05, 0.1) is 32.7 Å². The van der Waals surface area contributed by atoms with E-state index in [4.69, 9.17) is 4.74 Å². The molecule has 0 aliphatic carbocycles. The van der Waals surface area contributed by atoms with Crippen LogP contribution in [-0.2, 0) is 4.79 Å². The van der Waals surface area contributed by atoms with Gasteiger partial charge in [-0.05, 0) is 25.5 Å². The van der Waals surface area contributed by atoms with E-state index >= 15 is 0 Å². The number of rotatable bonds is 5. The third kappa shape index (κ3) is 3.73. The van der Waals surface area contributed by atoms with Gasteiger partial charge in [0.15, 0.2) is 6.10 Å². The fourth-order valence-corrected chi connectivity index (χ4v) is 2.57. The number of nitrogens with zero attached hydrogens (tertiary/aromatic N) is 1. The first kappa shape index (κ1) is 14.9. The first-order valence-corrected chi connectivity index (χ1v) is 7.58. The molecule has 1 fully saturated rings. The standard InChI is InChI=1S/C16H24N2O2/c1-3-15(20-14-8-6-5-7-9-14)16(19)18-12-10-17(4-2)11-13-18/h5-9,15H,3-4,10-13H2,1-2H3/p+1/t15-/m1/s1. The molecule has 110 valence electrons. The first-order chi connectivity index (χ1) is 9.74. The second-order valence-electron chi connectivity index (χ2n) is 5.26. The highest BCUT2D eigenvalue weighted by Gasteiger charge is 2.28. The van der Waals surface area contributed by atoms with Gasteiger partial charge in [0.1, 0.15) is 5.75 Å².